The third-order valence-corrected chi connectivity index (χ3v) is 4.53. The Balaban J connectivity index is 1.75. The Labute approximate surface area is 142 Å². The molecule has 0 spiro atoms. The van der Waals surface area contributed by atoms with Crippen LogP contribution in [0, 0.1) is 6.92 Å². The first-order valence-electron chi connectivity index (χ1n) is 8.26. The fraction of sp³-hybridized carbons (Fsp3) is 0.368. The monoisotopic (exact) mass is 325 g/mol. The molecule has 1 saturated heterocycles. The number of anilines is 1. The summed E-state index contributed by atoms with van der Waals surface area (Å²) in [6.45, 7) is 6.65. The second-order valence-electron chi connectivity index (χ2n) is 6.22. The quantitative estimate of drug-likeness (QED) is 0.939. The maximum atomic E-state index is 11.4. The number of aliphatic hydroxyl groups is 1. The number of hydrogen-bond acceptors (Lipinski definition) is 4. The smallest absolute Gasteiger partial charge is 0.219 e. The highest BCUT2D eigenvalue weighted by molar-refractivity contribution is 5.73. The van der Waals surface area contributed by atoms with E-state index in [1.165, 1.54) is 0 Å². The molecule has 1 atom stereocenters. The fourth-order valence-corrected chi connectivity index (χ4v) is 3.13. The molecule has 3 rings (SSSR count). The summed E-state index contributed by atoms with van der Waals surface area (Å²) in [5.41, 5.74) is 2.70. The number of nitrogens with zero attached hydrogens (tertiary/aromatic N) is 3. The normalized spacial score (nSPS) is 16.1. The predicted molar refractivity (Wildman–Crippen MR) is 93.9 cm³/mol. The highest BCUT2D eigenvalue weighted by Crippen LogP contribution is 2.26. The van der Waals surface area contributed by atoms with E-state index in [0.717, 1.165) is 48.7 Å². The first kappa shape index (κ1) is 16.5. The second kappa shape index (κ2) is 7.01. The Morgan fingerprint density at radius 2 is 1.79 bits per heavy atom. The van der Waals surface area contributed by atoms with Gasteiger partial charge in [-0.2, -0.15) is 0 Å². The van der Waals surface area contributed by atoms with Gasteiger partial charge in [0.15, 0.2) is 0 Å². The number of benzene rings is 1. The van der Waals surface area contributed by atoms with Gasteiger partial charge in [-0.25, -0.2) is 4.98 Å². The number of amides is 1. The van der Waals surface area contributed by atoms with Crippen LogP contribution < -0.4 is 4.90 Å². The van der Waals surface area contributed by atoms with Crippen molar-refractivity contribution in [2.24, 2.45) is 0 Å². The van der Waals surface area contributed by atoms with Gasteiger partial charge in [0, 0.05) is 44.9 Å². The standard InChI is InChI=1S/C19H23N3O2/c1-14-12-17(18(24)16-6-4-3-5-7-16)13-20-19(14)22-10-8-21(9-11-22)15(2)23/h3-7,12-13,18,24H,8-11H2,1-2H3/t18-/m1/s1. The minimum absolute atomic E-state index is 0.126. The molecule has 0 radical (unpaired) electrons. The maximum Gasteiger partial charge on any atom is 0.219 e. The fourth-order valence-electron chi connectivity index (χ4n) is 3.13. The number of aliphatic hydroxyl groups excluding tert-OH is 1. The van der Waals surface area contributed by atoms with Crippen LogP contribution in [-0.4, -0.2) is 47.1 Å². The highest BCUT2D eigenvalue weighted by Gasteiger charge is 2.21. The van der Waals surface area contributed by atoms with E-state index in [4.69, 9.17) is 0 Å². The van der Waals surface area contributed by atoms with Crippen molar-refractivity contribution in [3.8, 4) is 0 Å². The third-order valence-electron chi connectivity index (χ3n) is 4.53. The SMILES string of the molecule is CC(=O)N1CCN(c2ncc([C@H](O)c3ccccc3)cc2C)CC1. The Morgan fingerprint density at radius 3 is 2.38 bits per heavy atom. The summed E-state index contributed by atoms with van der Waals surface area (Å²) in [5, 5.41) is 10.5. The van der Waals surface area contributed by atoms with Crippen molar-refractivity contribution in [1.29, 1.82) is 0 Å². The molecule has 1 amide bonds. The molecular formula is C19H23N3O2. The summed E-state index contributed by atoms with van der Waals surface area (Å²) in [5.74, 6) is 1.06. The minimum atomic E-state index is -0.666. The molecule has 24 heavy (non-hydrogen) atoms. The van der Waals surface area contributed by atoms with Crippen LogP contribution in [0.25, 0.3) is 0 Å². The van der Waals surface area contributed by atoms with Crippen LogP contribution >= 0.6 is 0 Å². The van der Waals surface area contributed by atoms with Crippen LogP contribution in [-0.2, 0) is 4.79 Å². The van der Waals surface area contributed by atoms with Gasteiger partial charge < -0.3 is 14.9 Å². The number of piperazine rings is 1. The zero-order chi connectivity index (χ0) is 17.1. The van der Waals surface area contributed by atoms with Crippen molar-refractivity contribution >= 4 is 11.7 Å². The molecule has 1 aromatic heterocycles. The summed E-state index contributed by atoms with van der Waals surface area (Å²) < 4.78 is 0. The molecule has 1 N–H and O–H groups in total. The van der Waals surface area contributed by atoms with Crippen LogP contribution in [0.2, 0.25) is 0 Å². The zero-order valence-corrected chi connectivity index (χ0v) is 14.1. The average Bonchev–Trinajstić information content (AvgIpc) is 2.62. The molecule has 0 aliphatic carbocycles. The van der Waals surface area contributed by atoms with Gasteiger partial charge in [-0.3, -0.25) is 4.79 Å². The number of carbonyl (C=O) groups is 1. The van der Waals surface area contributed by atoms with E-state index in [0.29, 0.717) is 0 Å². The summed E-state index contributed by atoms with van der Waals surface area (Å²) in [6.07, 6.45) is 1.08. The lowest BCUT2D eigenvalue weighted by molar-refractivity contribution is -0.129. The van der Waals surface area contributed by atoms with Gasteiger partial charge >= 0.3 is 0 Å². The molecule has 0 unspecified atom stereocenters. The molecule has 5 nitrogen and oxygen atoms in total. The topological polar surface area (TPSA) is 56.7 Å². The van der Waals surface area contributed by atoms with E-state index >= 15 is 0 Å². The minimum Gasteiger partial charge on any atom is -0.384 e. The average molecular weight is 325 g/mol. The predicted octanol–water partition coefficient (Wildman–Crippen LogP) is 2.14. The number of aromatic nitrogens is 1. The van der Waals surface area contributed by atoms with E-state index in [-0.39, 0.29) is 5.91 Å². The molecule has 126 valence electrons. The summed E-state index contributed by atoms with van der Waals surface area (Å²) >= 11 is 0. The Morgan fingerprint density at radius 1 is 1.12 bits per heavy atom. The first-order valence-corrected chi connectivity index (χ1v) is 8.26. The molecule has 1 aliphatic rings. The van der Waals surface area contributed by atoms with Gasteiger partial charge in [0.05, 0.1) is 0 Å². The zero-order valence-electron chi connectivity index (χ0n) is 14.1. The lowest BCUT2D eigenvalue weighted by atomic mass is 10.0. The largest absolute Gasteiger partial charge is 0.384 e. The van der Waals surface area contributed by atoms with Crippen molar-refractivity contribution in [3.63, 3.8) is 0 Å². The lowest BCUT2D eigenvalue weighted by Gasteiger charge is -2.35. The van der Waals surface area contributed by atoms with E-state index in [1.807, 2.05) is 48.2 Å². The van der Waals surface area contributed by atoms with E-state index in [2.05, 4.69) is 9.88 Å². The van der Waals surface area contributed by atoms with Crippen molar-refractivity contribution in [3.05, 3.63) is 59.3 Å². The Kier molecular flexibility index (Phi) is 4.81. The van der Waals surface area contributed by atoms with Gasteiger partial charge in [-0.05, 0) is 24.1 Å². The van der Waals surface area contributed by atoms with Crippen LogP contribution in [0.5, 0.6) is 0 Å². The number of rotatable bonds is 3. The third kappa shape index (κ3) is 3.41. The van der Waals surface area contributed by atoms with Gasteiger partial charge in [0.1, 0.15) is 11.9 Å². The molecule has 2 heterocycles. The van der Waals surface area contributed by atoms with Crippen LogP contribution in [0.1, 0.15) is 29.7 Å². The van der Waals surface area contributed by atoms with Crippen LogP contribution in [0.4, 0.5) is 5.82 Å². The molecule has 1 aromatic carbocycles. The van der Waals surface area contributed by atoms with Crippen LogP contribution in [0.3, 0.4) is 0 Å². The second-order valence-corrected chi connectivity index (χ2v) is 6.22. The summed E-state index contributed by atoms with van der Waals surface area (Å²) in [4.78, 5) is 20.1. The summed E-state index contributed by atoms with van der Waals surface area (Å²) in [6, 6.07) is 11.6. The molecule has 5 heteroatoms. The van der Waals surface area contributed by atoms with Gasteiger partial charge in [-0.1, -0.05) is 30.3 Å². The molecule has 1 aliphatic heterocycles. The van der Waals surface area contributed by atoms with E-state index in [9.17, 15) is 9.90 Å². The van der Waals surface area contributed by atoms with Crippen molar-refractivity contribution in [1.82, 2.24) is 9.88 Å². The first-order chi connectivity index (χ1) is 11.6. The lowest BCUT2D eigenvalue weighted by Crippen LogP contribution is -2.48. The molecular weight excluding hydrogens is 302 g/mol. The number of hydrogen-bond donors (Lipinski definition) is 1. The van der Waals surface area contributed by atoms with Gasteiger partial charge in [0.25, 0.3) is 0 Å². The van der Waals surface area contributed by atoms with E-state index in [1.54, 1.807) is 13.1 Å². The number of aryl methyl sites for hydroxylation is 1. The van der Waals surface area contributed by atoms with Gasteiger partial charge in [-0.15, -0.1) is 0 Å². The maximum absolute atomic E-state index is 11.4. The molecule has 1 fully saturated rings. The molecule has 0 bridgehead atoms. The Hall–Kier alpha value is -2.40. The van der Waals surface area contributed by atoms with E-state index < -0.39 is 6.10 Å². The number of pyridine rings is 1. The van der Waals surface area contributed by atoms with Crippen LogP contribution in [0.15, 0.2) is 42.6 Å². The number of carbonyl (C=O) groups excluding carboxylic acids is 1. The molecule has 2 aromatic rings. The van der Waals surface area contributed by atoms with Crippen molar-refractivity contribution < 1.29 is 9.90 Å². The Bertz CT molecular complexity index is 710. The molecule has 0 saturated carbocycles. The van der Waals surface area contributed by atoms with Crippen molar-refractivity contribution in [2.75, 3.05) is 31.1 Å². The van der Waals surface area contributed by atoms with Gasteiger partial charge in [0.2, 0.25) is 5.91 Å². The van der Waals surface area contributed by atoms with Crippen molar-refractivity contribution in [2.45, 2.75) is 20.0 Å². The highest BCUT2D eigenvalue weighted by atomic mass is 16.3. The summed E-state index contributed by atoms with van der Waals surface area (Å²) in [7, 11) is 0.